The van der Waals surface area contributed by atoms with Crippen molar-refractivity contribution in [3.8, 4) is 16.9 Å². The Hall–Kier alpha value is -4.25. The number of aryl methyl sites for hydroxylation is 1. The summed E-state index contributed by atoms with van der Waals surface area (Å²) in [5.41, 5.74) is 4.55. The molecule has 0 aliphatic rings. The fraction of sp³-hybridized carbons (Fsp3) is 0.297. The SMILES string of the molecule is CCCCCCCCCCc1ccc(-c2ccc(C(=O)Oc3ccc(C(=O)OCc4ccccc4)cc3F)cc2)cc1. The van der Waals surface area contributed by atoms with E-state index in [4.69, 9.17) is 9.47 Å². The van der Waals surface area contributed by atoms with Crippen molar-refractivity contribution in [2.75, 3.05) is 0 Å². The molecule has 0 fully saturated rings. The molecule has 0 radical (unpaired) electrons. The number of hydrogen-bond acceptors (Lipinski definition) is 4. The van der Waals surface area contributed by atoms with Crippen molar-refractivity contribution in [3.05, 3.63) is 125 Å². The first-order valence-corrected chi connectivity index (χ1v) is 15.0. The third-order valence-corrected chi connectivity index (χ3v) is 7.31. The van der Waals surface area contributed by atoms with Gasteiger partial charge in [-0.3, -0.25) is 0 Å². The fourth-order valence-corrected chi connectivity index (χ4v) is 4.80. The van der Waals surface area contributed by atoms with E-state index in [1.807, 2.05) is 42.5 Å². The van der Waals surface area contributed by atoms with E-state index in [-0.39, 0.29) is 17.9 Å². The molecule has 4 rings (SSSR count). The van der Waals surface area contributed by atoms with E-state index >= 15 is 0 Å². The summed E-state index contributed by atoms with van der Waals surface area (Å²) in [6.07, 6.45) is 11.6. The Morgan fingerprint density at radius 3 is 1.86 bits per heavy atom. The van der Waals surface area contributed by atoms with E-state index in [2.05, 4.69) is 31.2 Å². The average Bonchev–Trinajstić information content (AvgIpc) is 3.03. The van der Waals surface area contributed by atoms with Crippen molar-refractivity contribution in [1.82, 2.24) is 0 Å². The second-order valence-corrected chi connectivity index (χ2v) is 10.6. The number of carbonyl (C=O) groups is 2. The van der Waals surface area contributed by atoms with Crippen LogP contribution in [-0.2, 0) is 17.8 Å². The molecule has 0 aliphatic carbocycles. The molecule has 5 heteroatoms. The minimum absolute atomic E-state index is 0.0383. The number of unbranched alkanes of at least 4 members (excludes halogenated alkanes) is 7. The van der Waals surface area contributed by atoms with Crippen LogP contribution in [0, 0.1) is 5.82 Å². The van der Waals surface area contributed by atoms with E-state index in [0.717, 1.165) is 29.2 Å². The molecular weight excluding hydrogens is 527 g/mol. The van der Waals surface area contributed by atoms with Gasteiger partial charge in [-0.15, -0.1) is 0 Å². The molecule has 4 aromatic carbocycles. The highest BCUT2D eigenvalue weighted by molar-refractivity contribution is 5.92. The standard InChI is InChI=1S/C37H39FO4/c1-2-3-4-5-6-7-8-10-13-28-16-18-30(19-17-28)31-20-22-32(23-21-31)37(40)42-35-25-24-33(26-34(35)38)36(39)41-27-29-14-11-9-12-15-29/h9,11-12,14-26H,2-8,10,13,27H2,1H3. The van der Waals surface area contributed by atoms with Gasteiger partial charge in [0.2, 0.25) is 0 Å². The van der Waals surface area contributed by atoms with Crippen LogP contribution in [0.3, 0.4) is 0 Å². The highest BCUT2D eigenvalue weighted by atomic mass is 19.1. The van der Waals surface area contributed by atoms with Crippen molar-refractivity contribution in [3.63, 3.8) is 0 Å². The van der Waals surface area contributed by atoms with Crippen LogP contribution >= 0.6 is 0 Å². The van der Waals surface area contributed by atoms with Gasteiger partial charge in [-0.2, -0.15) is 0 Å². The molecule has 218 valence electrons. The van der Waals surface area contributed by atoms with E-state index in [1.165, 1.54) is 69.1 Å². The van der Waals surface area contributed by atoms with Crippen LogP contribution in [0.15, 0.2) is 97.1 Å². The summed E-state index contributed by atoms with van der Waals surface area (Å²) >= 11 is 0. The third-order valence-electron chi connectivity index (χ3n) is 7.31. The van der Waals surface area contributed by atoms with Crippen molar-refractivity contribution < 1.29 is 23.5 Å². The van der Waals surface area contributed by atoms with E-state index in [1.54, 1.807) is 12.1 Å². The third kappa shape index (κ3) is 9.41. The lowest BCUT2D eigenvalue weighted by Gasteiger charge is -2.09. The fourth-order valence-electron chi connectivity index (χ4n) is 4.80. The molecule has 0 amide bonds. The first-order valence-electron chi connectivity index (χ1n) is 15.0. The summed E-state index contributed by atoms with van der Waals surface area (Å²) in [7, 11) is 0. The van der Waals surface area contributed by atoms with Crippen LogP contribution in [-0.4, -0.2) is 11.9 Å². The lowest BCUT2D eigenvalue weighted by atomic mass is 10.00. The Kier molecular flexibility index (Phi) is 11.9. The molecule has 0 unspecified atom stereocenters. The van der Waals surface area contributed by atoms with Crippen LogP contribution in [0.5, 0.6) is 5.75 Å². The molecular formula is C37H39FO4. The Morgan fingerprint density at radius 2 is 1.21 bits per heavy atom. The number of hydrogen-bond donors (Lipinski definition) is 0. The number of carbonyl (C=O) groups excluding carboxylic acids is 2. The van der Waals surface area contributed by atoms with E-state index in [9.17, 15) is 14.0 Å². The van der Waals surface area contributed by atoms with Crippen LogP contribution < -0.4 is 4.74 Å². The van der Waals surface area contributed by atoms with Gasteiger partial charge >= 0.3 is 11.9 Å². The predicted octanol–water partition coefficient (Wildman–Crippen LogP) is 9.75. The van der Waals surface area contributed by atoms with Gasteiger partial charge in [0.05, 0.1) is 11.1 Å². The molecule has 0 aromatic heterocycles. The molecule has 0 aliphatic heterocycles. The van der Waals surface area contributed by atoms with Crippen molar-refractivity contribution in [2.24, 2.45) is 0 Å². The first-order chi connectivity index (χ1) is 20.5. The highest BCUT2D eigenvalue weighted by Gasteiger charge is 2.16. The maximum atomic E-state index is 14.7. The first kappa shape index (κ1) is 30.7. The van der Waals surface area contributed by atoms with E-state index < -0.39 is 17.8 Å². The van der Waals surface area contributed by atoms with Gasteiger partial charge < -0.3 is 9.47 Å². The summed E-state index contributed by atoms with van der Waals surface area (Å²) in [6.45, 7) is 2.33. The minimum atomic E-state index is -0.818. The molecule has 0 saturated carbocycles. The van der Waals surface area contributed by atoms with Crippen molar-refractivity contribution in [2.45, 2.75) is 71.3 Å². The lowest BCUT2D eigenvalue weighted by molar-refractivity contribution is 0.0472. The van der Waals surface area contributed by atoms with Gasteiger partial charge in [-0.25, -0.2) is 14.0 Å². The van der Waals surface area contributed by atoms with E-state index in [0.29, 0.717) is 5.56 Å². The highest BCUT2D eigenvalue weighted by Crippen LogP contribution is 2.24. The Bertz CT molecular complexity index is 1410. The number of benzene rings is 4. The largest absolute Gasteiger partial charge is 0.457 e. The molecule has 0 saturated heterocycles. The zero-order valence-electron chi connectivity index (χ0n) is 24.3. The summed E-state index contributed by atoms with van der Waals surface area (Å²) in [4.78, 5) is 25.0. The number of halogens is 1. The summed E-state index contributed by atoms with van der Waals surface area (Å²) in [5, 5.41) is 0. The lowest BCUT2D eigenvalue weighted by Crippen LogP contribution is -2.10. The molecule has 42 heavy (non-hydrogen) atoms. The maximum Gasteiger partial charge on any atom is 0.343 e. The van der Waals surface area contributed by atoms with Crippen LogP contribution in [0.25, 0.3) is 11.1 Å². The second-order valence-electron chi connectivity index (χ2n) is 10.6. The molecule has 4 nitrogen and oxygen atoms in total. The van der Waals surface area contributed by atoms with Gasteiger partial charge in [-0.1, -0.05) is 119 Å². The Labute approximate surface area is 248 Å². The second kappa shape index (κ2) is 16.3. The average molecular weight is 567 g/mol. The van der Waals surface area contributed by atoms with Gasteiger partial charge in [0.15, 0.2) is 11.6 Å². The van der Waals surface area contributed by atoms with Gasteiger partial charge in [0, 0.05) is 0 Å². The molecule has 0 heterocycles. The normalized spacial score (nSPS) is 10.8. The van der Waals surface area contributed by atoms with Crippen LogP contribution in [0.2, 0.25) is 0 Å². The smallest absolute Gasteiger partial charge is 0.343 e. The van der Waals surface area contributed by atoms with Crippen molar-refractivity contribution >= 4 is 11.9 Å². The minimum Gasteiger partial charge on any atom is -0.457 e. The Morgan fingerprint density at radius 1 is 0.619 bits per heavy atom. The Balaban J connectivity index is 1.25. The summed E-state index contributed by atoms with van der Waals surface area (Å²) in [6, 6.07) is 28.5. The molecule has 4 aromatic rings. The number of ether oxygens (including phenoxy) is 2. The zero-order chi connectivity index (χ0) is 29.6. The topological polar surface area (TPSA) is 52.6 Å². The van der Waals surface area contributed by atoms with Crippen LogP contribution in [0.4, 0.5) is 4.39 Å². The van der Waals surface area contributed by atoms with Gasteiger partial charge in [0.1, 0.15) is 6.61 Å². The maximum absolute atomic E-state index is 14.7. The molecule has 0 bridgehead atoms. The predicted molar refractivity (Wildman–Crippen MR) is 165 cm³/mol. The number of esters is 2. The van der Waals surface area contributed by atoms with Crippen LogP contribution in [0.1, 0.15) is 90.1 Å². The molecule has 0 spiro atoms. The monoisotopic (exact) mass is 566 g/mol. The van der Waals surface area contributed by atoms with Gasteiger partial charge in [-0.05, 0) is 65.4 Å². The quantitative estimate of drug-likeness (QED) is 0.0816. The number of rotatable bonds is 15. The summed E-state index contributed by atoms with van der Waals surface area (Å²) < 4.78 is 25.2. The van der Waals surface area contributed by atoms with Crippen molar-refractivity contribution in [1.29, 1.82) is 0 Å². The molecule has 0 atom stereocenters. The zero-order valence-corrected chi connectivity index (χ0v) is 24.3. The summed E-state index contributed by atoms with van der Waals surface area (Å²) in [5.74, 6) is -2.41. The molecule has 0 N–H and O–H groups in total. The van der Waals surface area contributed by atoms with Gasteiger partial charge in [0.25, 0.3) is 0 Å².